The molecule has 0 saturated heterocycles. The van der Waals surface area contributed by atoms with E-state index in [9.17, 15) is 4.79 Å². The summed E-state index contributed by atoms with van der Waals surface area (Å²) in [7, 11) is 0. The maximum absolute atomic E-state index is 12.2. The number of fused-ring (bicyclic) bond motifs is 1. The van der Waals surface area contributed by atoms with Crippen LogP contribution in [0, 0.1) is 0 Å². The van der Waals surface area contributed by atoms with Gasteiger partial charge in [0.15, 0.2) is 0 Å². The van der Waals surface area contributed by atoms with Gasteiger partial charge in [0, 0.05) is 29.7 Å². The largest absolute Gasteiger partial charge is 0.337 e. The Kier molecular flexibility index (Phi) is 3.61. The van der Waals surface area contributed by atoms with E-state index < -0.39 is 0 Å². The van der Waals surface area contributed by atoms with E-state index in [0.29, 0.717) is 13.1 Å². The maximum atomic E-state index is 12.2. The Balaban J connectivity index is 2.33. The van der Waals surface area contributed by atoms with Gasteiger partial charge in [-0.15, -0.1) is 0 Å². The lowest BCUT2D eigenvalue weighted by Gasteiger charge is -2.19. The highest BCUT2D eigenvalue weighted by Gasteiger charge is 2.21. The molecule has 1 aromatic rings. The number of halogens is 1. The summed E-state index contributed by atoms with van der Waals surface area (Å²) in [5.41, 5.74) is 7.48. The fraction of sp³-hybridized carbons (Fsp3) is 0.417. The number of nitrogens with two attached hydrogens (primary N) is 1. The zero-order valence-electron chi connectivity index (χ0n) is 9.08. The lowest BCUT2D eigenvalue weighted by Crippen LogP contribution is -2.35. The third kappa shape index (κ3) is 2.28. The standard InChI is InChI=1S/C12H15BrN2O/c13-10-3-4-11-9(8-10)2-1-6-15(7-5-14)12(11)16/h3-4,8H,1-2,5-7,14H2. The van der Waals surface area contributed by atoms with Crippen LogP contribution < -0.4 is 5.73 Å². The molecule has 0 unspecified atom stereocenters. The number of hydrogen-bond acceptors (Lipinski definition) is 2. The molecule has 16 heavy (non-hydrogen) atoms. The topological polar surface area (TPSA) is 46.3 Å². The fourth-order valence-electron chi connectivity index (χ4n) is 2.08. The Labute approximate surface area is 104 Å². The predicted molar refractivity (Wildman–Crippen MR) is 67.4 cm³/mol. The van der Waals surface area contributed by atoms with Crippen LogP contribution in [0.4, 0.5) is 0 Å². The molecule has 0 fully saturated rings. The third-order valence-corrected chi connectivity index (χ3v) is 3.35. The van der Waals surface area contributed by atoms with Gasteiger partial charge in [-0.05, 0) is 36.6 Å². The average Bonchev–Trinajstić information content (AvgIpc) is 2.40. The van der Waals surface area contributed by atoms with Gasteiger partial charge >= 0.3 is 0 Å². The summed E-state index contributed by atoms with van der Waals surface area (Å²) in [6.45, 7) is 1.98. The number of carbonyl (C=O) groups excluding carboxylic acids is 1. The van der Waals surface area contributed by atoms with E-state index in [0.717, 1.165) is 35.0 Å². The van der Waals surface area contributed by atoms with Crippen molar-refractivity contribution < 1.29 is 4.79 Å². The van der Waals surface area contributed by atoms with Crippen molar-refractivity contribution in [3.8, 4) is 0 Å². The molecular weight excluding hydrogens is 268 g/mol. The Morgan fingerprint density at radius 1 is 1.44 bits per heavy atom. The average molecular weight is 283 g/mol. The van der Waals surface area contributed by atoms with E-state index in [1.54, 1.807) is 0 Å². The molecule has 0 saturated carbocycles. The number of nitrogens with zero attached hydrogens (tertiary/aromatic N) is 1. The van der Waals surface area contributed by atoms with Gasteiger partial charge in [0.05, 0.1) is 0 Å². The van der Waals surface area contributed by atoms with Gasteiger partial charge in [-0.2, -0.15) is 0 Å². The quantitative estimate of drug-likeness (QED) is 0.899. The highest BCUT2D eigenvalue weighted by molar-refractivity contribution is 9.10. The van der Waals surface area contributed by atoms with Gasteiger partial charge < -0.3 is 10.6 Å². The molecule has 0 radical (unpaired) electrons. The van der Waals surface area contributed by atoms with Gasteiger partial charge in [-0.25, -0.2) is 0 Å². The highest BCUT2D eigenvalue weighted by atomic mass is 79.9. The summed E-state index contributed by atoms with van der Waals surface area (Å²) in [4.78, 5) is 14.0. The summed E-state index contributed by atoms with van der Waals surface area (Å²) in [6.07, 6.45) is 1.97. The molecule has 86 valence electrons. The predicted octanol–water partition coefficient (Wildman–Crippen LogP) is 1.80. The van der Waals surface area contributed by atoms with Crippen LogP contribution in [0.3, 0.4) is 0 Å². The second-order valence-electron chi connectivity index (χ2n) is 3.99. The van der Waals surface area contributed by atoms with E-state index in [2.05, 4.69) is 15.9 Å². The molecule has 0 spiro atoms. The van der Waals surface area contributed by atoms with Crippen molar-refractivity contribution >= 4 is 21.8 Å². The summed E-state index contributed by atoms with van der Waals surface area (Å²) in [5.74, 6) is 0.116. The normalized spacial score (nSPS) is 15.9. The second-order valence-corrected chi connectivity index (χ2v) is 4.90. The molecule has 2 N–H and O–H groups in total. The Bertz CT molecular complexity index is 406. The van der Waals surface area contributed by atoms with Gasteiger partial charge in [-0.3, -0.25) is 4.79 Å². The third-order valence-electron chi connectivity index (χ3n) is 2.86. The number of benzene rings is 1. The summed E-state index contributed by atoms with van der Waals surface area (Å²) >= 11 is 3.44. The molecule has 4 heteroatoms. The second kappa shape index (κ2) is 4.97. The number of aryl methyl sites for hydroxylation is 1. The van der Waals surface area contributed by atoms with Crippen LogP contribution in [0.5, 0.6) is 0 Å². The molecule has 1 aromatic carbocycles. The van der Waals surface area contributed by atoms with Crippen molar-refractivity contribution in [1.29, 1.82) is 0 Å². The molecule has 1 aliphatic rings. The molecular formula is C12H15BrN2O. The lowest BCUT2D eigenvalue weighted by molar-refractivity contribution is 0.0765. The number of carbonyl (C=O) groups is 1. The van der Waals surface area contributed by atoms with E-state index in [1.807, 2.05) is 23.1 Å². The van der Waals surface area contributed by atoms with Crippen LogP contribution in [0.25, 0.3) is 0 Å². The maximum Gasteiger partial charge on any atom is 0.254 e. The zero-order valence-corrected chi connectivity index (χ0v) is 10.7. The first-order valence-corrected chi connectivity index (χ1v) is 6.29. The van der Waals surface area contributed by atoms with Crippen LogP contribution in [0.2, 0.25) is 0 Å². The number of rotatable bonds is 2. The molecule has 0 aromatic heterocycles. The molecule has 1 aliphatic heterocycles. The Hall–Kier alpha value is -0.870. The molecule has 1 heterocycles. The van der Waals surface area contributed by atoms with E-state index in [4.69, 9.17) is 5.73 Å². The van der Waals surface area contributed by atoms with E-state index in [-0.39, 0.29) is 5.91 Å². The van der Waals surface area contributed by atoms with Crippen LogP contribution in [0.1, 0.15) is 22.3 Å². The molecule has 1 amide bonds. The van der Waals surface area contributed by atoms with Crippen LogP contribution >= 0.6 is 15.9 Å². The van der Waals surface area contributed by atoms with Crippen molar-refractivity contribution in [3.63, 3.8) is 0 Å². The van der Waals surface area contributed by atoms with Crippen molar-refractivity contribution in [2.45, 2.75) is 12.8 Å². The van der Waals surface area contributed by atoms with Crippen molar-refractivity contribution in [1.82, 2.24) is 4.90 Å². The summed E-state index contributed by atoms with van der Waals surface area (Å²) in [6, 6.07) is 5.86. The van der Waals surface area contributed by atoms with Gasteiger partial charge in [-0.1, -0.05) is 15.9 Å². The van der Waals surface area contributed by atoms with Gasteiger partial charge in [0.1, 0.15) is 0 Å². The molecule has 0 atom stereocenters. The van der Waals surface area contributed by atoms with Crippen molar-refractivity contribution in [3.05, 3.63) is 33.8 Å². The van der Waals surface area contributed by atoms with Crippen molar-refractivity contribution in [2.24, 2.45) is 5.73 Å². The lowest BCUT2D eigenvalue weighted by atomic mass is 10.0. The molecule has 0 aliphatic carbocycles. The minimum absolute atomic E-state index is 0.116. The van der Waals surface area contributed by atoms with Crippen LogP contribution in [-0.2, 0) is 6.42 Å². The molecule has 3 nitrogen and oxygen atoms in total. The fourth-order valence-corrected chi connectivity index (χ4v) is 2.49. The molecule has 0 bridgehead atoms. The monoisotopic (exact) mass is 282 g/mol. The minimum Gasteiger partial charge on any atom is -0.337 e. The van der Waals surface area contributed by atoms with E-state index >= 15 is 0 Å². The first-order chi connectivity index (χ1) is 7.72. The highest BCUT2D eigenvalue weighted by Crippen LogP contribution is 2.22. The Morgan fingerprint density at radius 3 is 3.00 bits per heavy atom. The first kappa shape index (κ1) is 11.6. The number of hydrogen-bond donors (Lipinski definition) is 1. The zero-order chi connectivity index (χ0) is 11.5. The summed E-state index contributed by atoms with van der Waals surface area (Å²) in [5, 5.41) is 0. The van der Waals surface area contributed by atoms with Crippen molar-refractivity contribution in [2.75, 3.05) is 19.6 Å². The van der Waals surface area contributed by atoms with Crippen LogP contribution in [0.15, 0.2) is 22.7 Å². The van der Waals surface area contributed by atoms with Gasteiger partial charge in [0.2, 0.25) is 0 Å². The minimum atomic E-state index is 0.116. The Morgan fingerprint density at radius 2 is 2.25 bits per heavy atom. The SMILES string of the molecule is NCCN1CCCc2cc(Br)ccc2C1=O. The van der Waals surface area contributed by atoms with E-state index in [1.165, 1.54) is 0 Å². The molecule has 2 rings (SSSR count). The summed E-state index contributed by atoms with van der Waals surface area (Å²) < 4.78 is 1.03. The first-order valence-electron chi connectivity index (χ1n) is 5.50. The number of amides is 1. The van der Waals surface area contributed by atoms with Gasteiger partial charge in [0.25, 0.3) is 5.91 Å². The smallest absolute Gasteiger partial charge is 0.254 e. The van der Waals surface area contributed by atoms with Crippen LogP contribution in [-0.4, -0.2) is 30.4 Å².